The van der Waals surface area contributed by atoms with Crippen LogP contribution in [0.3, 0.4) is 0 Å². The van der Waals surface area contributed by atoms with Gasteiger partial charge >= 0.3 is 5.97 Å². The smallest absolute Gasteiger partial charge is 0.338 e. The number of rotatable bonds is 10. The van der Waals surface area contributed by atoms with Gasteiger partial charge in [0.2, 0.25) is 10.0 Å². The fraction of sp³-hybridized carbons (Fsp3) is 0.391. The van der Waals surface area contributed by atoms with Crippen LogP contribution in [0.2, 0.25) is 0 Å². The maximum atomic E-state index is 12.5. The van der Waals surface area contributed by atoms with E-state index in [0.29, 0.717) is 5.92 Å². The fourth-order valence-corrected chi connectivity index (χ4v) is 4.16. The molecule has 0 spiro atoms. The van der Waals surface area contributed by atoms with E-state index in [1.807, 2.05) is 30.3 Å². The van der Waals surface area contributed by atoms with Gasteiger partial charge in [0.25, 0.3) is 5.91 Å². The van der Waals surface area contributed by atoms with Crippen molar-refractivity contribution >= 4 is 21.9 Å². The summed E-state index contributed by atoms with van der Waals surface area (Å²) in [4.78, 5) is 24.8. The minimum atomic E-state index is -3.84. The molecule has 2 rings (SSSR count). The summed E-state index contributed by atoms with van der Waals surface area (Å²) in [5, 5.41) is 2.90. The molecule has 174 valence electrons. The van der Waals surface area contributed by atoms with Crippen LogP contribution in [-0.4, -0.2) is 52.4 Å². The van der Waals surface area contributed by atoms with Gasteiger partial charge in [-0.25, -0.2) is 17.5 Å². The molecule has 1 amide bonds. The van der Waals surface area contributed by atoms with Crippen molar-refractivity contribution in [1.82, 2.24) is 9.62 Å². The van der Waals surface area contributed by atoms with E-state index < -0.39 is 28.5 Å². The molecule has 1 N–H and O–H groups in total. The van der Waals surface area contributed by atoms with Gasteiger partial charge in [-0.2, -0.15) is 0 Å². The summed E-state index contributed by atoms with van der Waals surface area (Å²) in [7, 11) is 0.255. The number of sulfonamides is 1. The average molecular weight is 463 g/mol. The van der Waals surface area contributed by atoms with Gasteiger partial charge < -0.3 is 14.8 Å². The van der Waals surface area contributed by atoms with Gasteiger partial charge in [-0.15, -0.1) is 0 Å². The van der Waals surface area contributed by atoms with E-state index in [0.717, 1.165) is 16.3 Å². The molecule has 8 nitrogen and oxygen atoms in total. The lowest BCUT2D eigenvalue weighted by atomic mass is 9.97. The van der Waals surface area contributed by atoms with Crippen LogP contribution in [0.4, 0.5) is 0 Å². The van der Waals surface area contributed by atoms with E-state index in [1.54, 1.807) is 0 Å². The van der Waals surface area contributed by atoms with Crippen LogP contribution >= 0.6 is 0 Å². The number of carbonyl (C=O) groups excluding carboxylic acids is 2. The summed E-state index contributed by atoms with van der Waals surface area (Å²) in [6.07, 6.45) is 0.730. The normalized spacial score (nSPS) is 12.5. The zero-order valence-corrected chi connectivity index (χ0v) is 19.8. The summed E-state index contributed by atoms with van der Waals surface area (Å²) < 4.78 is 36.3. The number of nitrogens with one attached hydrogen (secondary N) is 1. The summed E-state index contributed by atoms with van der Waals surface area (Å²) in [5.41, 5.74) is 0.968. The Morgan fingerprint density at radius 2 is 1.72 bits per heavy atom. The molecule has 32 heavy (non-hydrogen) atoms. The topological polar surface area (TPSA) is 102 Å². The Kier molecular flexibility index (Phi) is 8.80. The Morgan fingerprint density at radius 3 is 2.28 bits per heavy atom. The molecule has 0 aromatic heterocycles. The Hall–Kier alpha value is -2.91. The number of benzene rings is 2. The molecular weight excluding hydrogens is 432 g/mol. The van der Waals surface area contributed by atoms with Crippen molar-refractivity contribution in [3.63, 3.8) is 0 Å². The first kappa shape index (κ1) is 25.4. The summed E-state index contributed by atoms with van der Waals surface area (Å²) >= 11 is 0. The van der Waals surface area contributed by atoms with Crippen LogP contribution in [0.1, 0.15) is 42.2 Å². The van der Waals surface area contributed by atoms with E-state index in [1.165, 1.54) is 39.4 Å². The van der Waals surface area contributed by atoms with Crippen LogP contribution in [-0.2, 0) is 19.6 Å². The zero-order valence-electron chi connectivity index (χ0n) is 19.0. The molecule has 0 radical (unpaired) electrons. The summed E-state index contributed by atoms with van der Waals surface area (Å²) in [5.74, 6) is -0.799. The van der Waals surface area contributed by atoms with Crippen molar-refractivity contribution < 1.29 is 27.5 Å². The molecule has 1 atom stereocenters. The molecule has 2 aromatic carbocycles. The van der Waals surface area contributed by atoms with Crippen LogP contribution in [0, 0.1) is 5.92 Å². The summed E-state index contributed by atoms with van der Waals surface area (Å²) in [6, 6.07) is 13.3. The highest BCUT2D eigenvalue weighted by Gasteiger charge is 2.25. The predicted molar refractivity (Wildman–Crippen MR) is 121 cm³/mol. The maximum absolute atomic E-state index is 12.5. The quantitative estimate of drug-likeness (QED) is 0.545. The second kappa shape index (κ2) is 11.1. The third kappa shape index (κ3) is 6.54. The Balaban J connectivity index is 2.10. The van der Waals surface area contributed by atoms with Crippen molar-refractivity contribution in [3.05, 3.63) is 59.7 Å². The van der Waals surface area contributed by atoms with E-state index >= 15 is 0 Å². The minimum absolute atomic E-state index is 0.000754. The van der Waals surface area contributed by atoms with Gasteiger partial charge in [0.1, 0.15) is 10.6 Å². The van der Waals surface area contributed by atoms with Gasteiger partial charge in [0.05, 0.1) is 18.7 Å². The van der Waals surface area contributed by atoms with E-state index in [4.69, 9.17) is 9.47 Å². The van der Waals surface area contributed by atoms with E-state index in [-0.39, 0.29) is 22.3 Å². The van der Waals surface area contributed by atoms with Gasteiger partial charge in [-0.05, 0) is 36.1 Å². The molecule has 0 bridgehead atoms. The highest BCUT2D eigenvalue weighted by Crippen LogP contribution is 2.27. The van der Waals surface area contributed by atoms with Crippen LogP contribution in [0.25, 0.3) is 0 Å². The Labute approximate surface area is 189 Å². The molecule has 1 unspecified atom stereocenters. The van der Waals surface area contributed by atoms with Crippen LogP contribution < -0.4 is 10.1 Å². The molecule has 0 saturated heterocycles. The lowest BCUT2D eigenvalue weighted by Crippen LogP contribution is -2.33. The largest absolute Gasteiger partial charge is 0.495 e. The first-order chi connectivity index (χ1) is 15.1. The minimum Gasteiger partial charge on any atom is -0.495 e. The number of ether oxygens (including phenoxy) is 2. The first-order valence-corrected chi connectivity index (χ1v) is 11.6. The second-order valence-electron chi connectivity index (χ2n) is 7.89. The number of methoxy groups -OCH3 is 1. The molecule has 0 aliphatic carbocycles. The number of nitrogens with zero attached hydrogens (tertiary/aromatic N) is 1. The lowest BCUT2D eigenvalue weighted by molar-refractivity contribution is -0.125. The second-order valence-corrected chi connectivity index (χ2v) is 10.0. The standard InChI is InChI=1S/C23H30N2O6S/c1-16(2)13-19(17-9-7-6-8-10-17)24-22(26)15-31-23(27)18-11-12-20(30-5)21(14-18)32(28,29)25(3)4/h6-12,14,16,19H,13,15H2,1-5H3,(H,24,26). The zero-order chi connectivity index (χ0) is 23.9. The van der Waals surface area contributed by atoms with Crippen molar-refractivity contribution in [1.29, 1.82) is 0 Å². The van der Waals surface area contributed by atoms with Crippen molar-refractivity contribution in [2.24, 2.45) is 5.92 Å². The van der Waals surface area contributed by atoms with Gasteiger partial charge in [0.15, 0.2) is 6.61 Å². The Bertz CT molecular complexity index is 1040. The predicted octanol–water partition coefficient (Wildman–Crippen LogP) is 3.01. The Morgan fingerprint density at radius 1 is 1.06 bits per heavy atom. The molecule has 9 heteroatoms. The third-order valence-corrected chi connectivity index (χ3v) is 6.57. The number of hydrogen-bond donors (Lipinski definition) is 1. The van der Waals surface area contributed by atoms with Crippen molar-refractivity contribution in [2.75, 3.05) is 27.8 Å². The highest BCUT2D eigenvalue weighted by atomic mass is 32.2. The number of amides is 1. The molecule has 2 aromatic rings. The van der Waals surface area contributed by atoms with Gasteiger partial charge in [-0.1, -0.05) is 44.2 Å². The lowest BCUT2D eigenvalue weighted by Gasteiger charge is -2.21. The van der Waals surface area contributed by atoms with E-state index in [9.17, 15) is 18.0 Å². The van der Waals surface area contributed by atoms with Crippen LogP contribution in [0.15, 0.2) is 53.4 Å². The van der Waals surface area contributed by atoms with Gasteiger partial charge in [0, 0.05) is 14.1 Å². The number of esters is 1. The van der Waals surface area contributed by atoms with Gasteiger partial charge in [-0.3, -0.25) is 4.79 Å². The SMILES string of the molecule is COc1ccc(C(=O)OCC(=O)NC(CC(C)C)c2ccccc2)cc1S(=O)(=O)N(C)C. The monoisotopic (exact) mass is 462 g/mol. The van der Waals surface area contributed by atoms with Crippen LogP contribution in [0.5, 0.6) is 5.75 Å². The highest BCUT2D eigenvalue weighted by molar-refractivity contribution is 7.89. The van der Waals surface area contributed by atoms with Crippen molar-refractivity contribution in [3.8, 4) is 5.75 Å². The molecule has 0 aliphatic rings. The molecular formula is C23H30N2O6S. The fourth-order valence-electron chi connectivity index (χ4n) is 3.09. The molecule has 0 fully saturated rings. The molecule has 0 saturated carbocycles. The number of hydrogen-bond acceptors (Lipinski definition) is 6. The maximum Gasteiger partial charge on any atom is 0.338 e. The number of carbonyl (C=O) groups is 2. The van der Waals surface area contributed by atoms with Crippen molar-refractivity contribution in [2.45, 2.75) is 31.2 Å². The molecule has 0 heterocycles. The first-order valence-electron chi connectivity index (χ1n) is 10.2. The third-order valence-electron chi connectivity index (χ3n) is 4.74. The summed E-state index contributed by atoms with van der Waals surface area (Å²) in [6.45, 7) is 3.64. The molecule has 0 aliphatic heterocycles. The van der Waals surface area contributed by atoms with E-state index in [2.05, 4.69) is 19.2 Å². The average Bonchev–Trinajstić information content (AvgIpc) is 2.76.